The molecule has 1 N–H and O–H groups in total. The molecule has 0 radical (unpaired) electrons. The zero-order valence-corrected chi connectivity index (χ0v) is 11.3. The maximum absolute atomic E-state index is 8.60. The van der Waals surface area contributed by atoms with Crippen molar-refractivity contribution in [3.8, 4) is 6.07 Å². The predicted molar refractivity (Wildman–Crippen MR) is 78.9 cm³/mol. The number of hydrogen-bond acceptors (Lipinski definition) is 3. The Morgan fingerprint density at radius 2 is 1.65 bits per heavy atom. The number of hydrogen-bond donors (Lipinski definition) is 1. The summed E-state index contributed by atoms with van der Waals surface area (Å²) in [5.74, 6) is 0. The molecule has 0 spiro atoms. The van der Waals surface area contributed by atoms with Crippen LogP contribution in [-0.2, 0) is 11.3 Å². The summed E-state index contributed by atoms with van der Waals surface area (Å²) >= 11 is 0. The molecule has 2 aromatic carbocycles. The Hall–Kier alpha value is -2.15. The third-order valence-corrected chi connectivity index (χ3v) is 3.00. The summed E-state index contributed by atoms with van der Waals surface area (Å²) in [5, 5.41) is 11.7. The van der Waals surface area contributed by atoms with E-state index in [1.54, 1.807) is 0 Å². The van der Waals surface area contributed by atoms with Gasteiger partial charge in [0.2, 0.25) is 0 Å². The number of ether oxygens (including phenoxy) is 1. The van der Waals surface area contributed by atoms with E-state index >= 15 is 0 Å². The molecule has 0 heterocycles. The summed E-state index contributed by atoms with van der Waals surface area (Å²) in [5.41, 5.74) is 2.27. The van der Waals surface area contributed by atoms with Crippen LogP contribution in [-0.4, -0.2) is 13.1 Å². The van der Waals surface area contributed by atoms with Crippen molar-refractivity contribution in [1.82, 2.24) is 5.32 Å². The third kappa shape index (κ3) is 4.51. The highest BCUT2D eigenvalue weighted by Crippen LogP contribution is 2.18. The minimum atomic E-state index is -0.0512. The quantitative estimate of drug-likeness (QED) is 0.619. The molecule has 0 bridgehead atoms. The molecule has 0 saturated carbocycles. The Morgan fingerprint density at radius 3 is 2.30 bits per heavy atom. The second-order valence-electron chi connectivity index (χ2n) is 4.48. The van der Waals surface area contributed by atoms with Gasteiger partial charge in [0.25, 0.3) is 0 Å². The first-order chi connectivity index (χ1) is 9.90. The standard InChI is InChI=1S/C17H18N2O/c18-11-12-19-13-17(16-9-5-2-6-10-16)20-14-15-7-3-1-4-8-15/h1-10,17,19H,12-14H2. The fourth-order valence-corrected chi connectivity index (χ4v) is 1.97. The Morgan fingerprint density at radius 1 is 1.00 bits per heavy atom. The van der Waals surface area contributed by atoms with E-state index in [0.717, 1.165) is 11.1 Å². The highest BCUT2D eigenvalue weighted by Gasteiger charge is 2.11. The fourth-order valence-electron chi connectivity index (χ4n) is 1.97. The lowest BCUT2D eigenvalue weighted by molar-refractivity contribution is 0.0405. The van der Waals surface area contributed by atoms with Crippen LogP contribution in [0.5, 0.6) is 0 Å². The third-order valence-electron chi connectivity index (χ3n) is 3.00. The number of benzene rings is 2. The van der Waals surface area contributed by atoms with Crippen LogP contribution in [0.25, 0.3) is 0 Å². The number of nitrogens with one attached hydrogen (secondary N) is 1. The average molecular weight is 266 g/mol. The zero-order valence-electron chi connectivity index (χ0n) is 11.3. The van der Waals surface area contributed by atoms with E-state index in [1.807, 2.05) is 60.7 Å². The first-order valence-electron chi connectivity index (χ1n) is 6.68. The monoisotopic (exact) mass is 266 g/mol. The van der Waals surface area contributed by atoms with Crippen LogP contribution in [0.3, 0.4) is 0 Å². The summed E-state index contributed by atoms with van der Waals surface area (Å²) < 4.78 is 5.99. The van der Waals surface area contributed by atoms with Crippen LogP contribution in [0.2, 0.25) is 0 Å². The Labute approximate surface area is 119 Å². The Kier molecular flexibility index (Phi) is 5.78. The van der Waals surface area contributed by atoms with Crippen LogP contribution >= 0.6 is 0 Å². The molecule has 2 rings (SSSR count). The minimum Gasteiger partial charge on any atom is -0.368 e. The van der Waals surface area contributed by atoms with Gasteiger partial charge in [-0.3, -0.25) is 0 Å². The molecule has 102 valence electrons. The van der Waals surface area contributed by atoms with E-state index in [1.165, 1.54) is 0 Å². The Bertz CT molecular complexity index is 534. The molecule has 0 saturated heterocycles. The van der Waals surface area contributed by atoms with Gasteiger partial charge in [-0.25, -0.2) is 0 Å². The van der Waals surface area contributed by atoms with Crippen molar-refractivity contribution in [3.63, 3.8) is 0 Å². The van der Waals surface area contributed by atoms with Crippen molar-refractivity contribution in [2.24, 2.45) is 0 Å². The summed E-state index contributed by atoms with van der Waals surface area (Å²) in [6, 6.07) is 22.2. The lowest BCUT2D eigenvalue weighted by atomic mass is 10.1. The van der Waals surface area contributed by atoms with Crippen molar-refractivity contribution in [2.45, 2.75) is 12.7 Å². The van der Waals surface area contributed by atoms with E-state index in [2.05, 4.69) is 11.4 Å². The number of rotatable bonds is 7. The highest BCUT2D eigenvalue weighted by atomic mass is 16.5. The molecule has 0 aliphatic heterocycles. The SMILES string of the molecule is N#CCNCC(OCc1ccccc1)c1ccccc1. The smallest absolute Gasteiger partial charge is 0.0954 e. The van der Waals surface area contributed by atoms with Crippen LogP contribution in [0.1, 0.15) is 17.2 Å². The van der Waals surface area contributed by atoms with Crippen LogP contribution in [0, 0.1) is 11.3 Å². The van der Waals surface area contributed by atoms with Gasteiger partial charge in [-0.05, 0) is 11.1 Å². The van der Waals surface area contributed by atoms with Crippen molar-refractivity contribution in [3.05, 3.63) is 71.8 Å². The van der Waals surface area contributed by atoms with Gasteiger partial charge in [0.05, 0.1) is 25.3 Å². The Balaban J connectivity index is 1.97. The van der Waals surface area contributed by atoms with Crippen LogP contribution < -0.4 is 5.32 Å². The van der Waals surface area contributed by atoms with E-state index in [0.29, 0.717) is 19.7 Å². The van der Waals surface area contributed by atoms with Gasteiger partial charge < -0.3 is 10.1 Å². The molecular formula is C17H18N2O. The summed E-state index contributed by atoms with van der Waals surface area (Å²) in [4.78, 5) is 0. The molecule has 2 aromatic rings. The average Bonchev–Trinajstić information content (AvgIpc) is 2.52. The van der Waals surface area contributed by atoms with Gasteiger partial charge >= 0.3 is 0 Å². The molecule has 1 atom stereocenters. The summed E-state index contributed by atoms with van der Waals surface area (Å²) in [6.07, 6.45) is -0.0512. The molecule has 0 aromatic heterocycles. The molecule has 1 unspecified atom stereocenters. The fraction of sp³-hybridized carbons (Fsp3) is 0.235. The van der Waals surface area contributed by atoms with Gasteiger partial charge in [-0.1, -0.05) is 60.7 Å². The molecule has 0 fully saturated rings. The second-order valence-corrected chi connectivity index (χ2v) is 4.48. The predicted octanol–water partition coefficient (Wildman–Crippen LogP) is 3.06. The van der Waals surface area contributed by atoms with Gasteiger partial charge in [-0.15, -0.1) is 0 Å². The molecule has 0 aliphatic rings. The van der Waals surface area contributed by atoms with E-state index in [9.17, 15) is 0 Å². The van der Waals surface area contributed by atoms with Crippen molar-refractivity contribution in [1.29, 1.82) is 5.26 Å². The van der Waals surface area contributed by atoms with Gasteiger partial charge in [0.15, 0.2) is 0 Å². The van der Waals surface area contributed by atoms with Crippen molar-refractivity contribution < 1.29 is 4.74 Å². The van der Waals surface area contributed by atoms with Crippen LogP contribution in [0.4, 0.5) is 0 Å². The zero-order chi connectivity index (χ0) is 14.0. The normalized spacial score (nSPS) is 11.8. The minimum absolute atomic E-state index is 0.0512. The molecule has 0 amide bonds. The molecular weight excluding hydrogens is 248 g/mol. The first-order valence-corrected chi connectivity index (χ1v) is 6.68. The van der Waals surface area contributed by atoms with Crippen molar-refractivity contribution >= 4 is 0 Å². The maximum Gasteiger partial charge on any atom is 0.0954 e. The summed E-state index contributed by atoms with van der Waals surface area (Å²) in [6.45, 7) is 1.52. The lowest BCUT2D eigenvalue weighted by Crippen LogP contribution is -2.23. The van der Waals surface area contributed by atoms with E-state index < -0.39 is 0 Å². The van der Waals surface area contributed by atoms with Crippen molar-refractivity contribution in [2.75, 3.05) is 13.1 Å². The van der Waals surface area contributed by atoms with Gasteiger partial charge in [-0.2, -0.15) is 5.26 Å². The lowest BCUT2D eigenvalue weighted by Gasteiger charge is -2.18. The van der Waals surface area contributed by atoms with E-state index in [-0.39, 0.29) is 6.10 Å². The van der Waals surface area contributed by atoms with Gasteiger partial charge in [0, 0.05) is 6.54 Å². The molecule has 3 nitrogen and oxygen atoms in total. The molecule has 0 aliphatic carbocycles. The molecule has 3 heteroatoms. The topological polar surface area (TPSA) is 45.0 Å². The number of nitrogens with zero attached hydrogens (tertiary/aromatic N) is 1. The van der Waals surface area contributed by atoms with E-state index in [4.69, 9.17) is 10.00 Å². The molecule has 20 heavy (non-hydrogen) atoms. The number of nitriles is 1. The van der Waals surface area contributed by atoms with Crippen LogP contribution in [0.15, 0.2) is 60.7 Å². The first kappa shape index (κ1) is 14.3. The summed E-state index contributed by atoms with van der Waals surface area (Å²) in [7, 11) is 0. The largest absolute Gasteiger partial charge is 0.368 e. The van der Waals surface area contributed by atoms with Gasteiger partial charge in [0.1, 0.15) is 0 Å². The second kappa shape index (κ2) is 8.11. The maximum atomic E-state index is 8.60. The highest BCUT2D eigenvalue weighted by molar-refractivity contribution is 5.18.